The van der Waals surface area contributed by atoms with Gasteiger partial charge < -0.3 is 28.7 Å². The molecule has 1 aromatic carbocycles. The van der Waals surface area contributed by atoms with Crippen molar-refractivity contribution in [2.45, 2.75) is 37.3 Å². The summed E-state index contributed by atoms with van der Waals surface area (Å²) >= 11 is 0. The van der Waals surface area contributed by atoms with Gasteiger partial charge in [-0.2, -0.15) is 26.3 Å². The van der Waals surface area contributed by atoms with Gasteiger partial charge in [-0.15, -0.1) is 5.10 Å². The number of carbonyl (C=O) groups is 1. The Morgan fingerprint density at radius 3 is 2.40 bits per heavy atom. The molecule has 9 nitrogen and oxygen atoms in total. The monoisotopic (exact) mass is 513 g/mol. The summed E-state index contributed by atoms with van der Waals surface area (Å²) in [7, 11) is 0. The lowest BCUT2D eigenvalue weighted by atomic mass is 10.1. The second-order valence-electron chi connectivity index (χ2n) is 7.40. The van der Waals surface area contributed by atoms with Crippen molar-refractivity contribution in [2.75, 3.05) is 33.0 Å². The SMILES string of the molecule is O=C(COc1ccc(C(F)(F)F)cc1)N[C@@H]1CC[C@@H](c2nnc(OCCOCC(F)(F)F)o2)OC1. The van der Waals surface area contributed by atoms with Gasteiger partial charge in [-0.1, -0.05) is 5.10 Å². The summed E-state index contributed by atoms with van der Waals surface area (Å²) in [6.45, 7) is -2.18. The number of nitrogens with zero attached hydrogens (tertiary/aromatic N) is 2. The van der Waals surface area contributed by atoms with Crippen molar-refractivity contribution in [2.24, 2.45) is 0 Å². The standard InChI is InChI=1S/C20H21F6N3O6/c21-19(22,23)11-31-7-8-32-18-29-28-17(35-18)15-6-3-13(9-34-15)27-16(30)10-33-14-4-1-12(2-5-14)20(24,25)26/h1-2,4-5,13,15H,3,6-11H2,(H,27,30)/t13-,15+/m1/s1. The molecule has 0 unspecified atom stereocenters. The van der Waals surface area contributed by atoms with Gasteiger partial charge in [0.15, 0.2) is 6.61 Å². The Labute approximate surface area is 194 Å². The van der Waals surface area contributed by atoms with E-state index in [9.17, 15) is 31.1 Å². The van der Waals surface area contributed by atoms with Crippen molar-refractivity contribution in [3.8, 4) is 11.8 Å². The molecular weight excluding hydrogens is 492 g/mol. The molecule has 2 heterocycles. The molecule has 1 saturated heterocycles. The lowest BCUT2D eigenvalue weighted by Gasteiger charge is -2.27. The van der Waals surface area contributed by atoms with Crippen LogP contribution in [-0.2, 0) is 20.4 Å². The molecule has 1 aliphatic heterocycles. The van der Waals surface area contributed by atoms with E-state index in [0.29, 0.717) is 12.8 Å². The van der Waals surface area contributed by atoms with Gasteiger partial charge in [0.05, 0.1) is 24.8 Å². The van der Waals surface area contributed by atoms with Gasteiger partial charge in [0.25, 0.3) is 5.91 Å². The highest BCUT2D eigenvalue weighted by Crippen LogP contribution is 2.30. The van der Waals surface area contributed by atoms with Crippen LogP contribution in [0.1, 0.15) is 30.4 Å². The Hall–Kier alpha value is -3.07. The predicted molar refractivity (Wildman–Crippen MR) is 103 cm³/mol. The molecule has 0 bridgehead atoms. The molecule has 2 atom stereocenters. The number of aromatic nitrogens is 2. The normalized spacial score (nSPS) is 18.8. The molecule has 0 saturated carbocycles. The highest BCUT2D eigenvalue weighted by Gasteiger charge is 2.31. The molecule has 1 amide bonds. The van der Waals surface area contributed by atoms with E-state index in [2.05, 4.69) is 20.3 Å². The number of carbonyl (C=O) groups excluding carboxylic acids is 1. The van der Waals surface area contributed by atoms with Gasteiger partial charge in [0.2, 0.25) is 5.89 Å². The lowest BCUT2D eigenvalue weighted by molar-refractivity contribution is -0.175. The molecule has 1 aliphatic rings. The fourth-order valence-electron chi connectivity index (χ4n) is 3.00. The Morgan fingerprint density at radius 2 is 1.77 bits per heavy atom. The van der Waals surface area contributed by atoms with Gasteiger partial charge in [-0.25, -0.2) is 0 Å². The number of hydrogen-bond donors (Lipinski definition) is 1. The number of benzene rings is 1. The fourth-order valence-corrected chi connectivity index (χ4v) is 3.00. The van der Waals surface area contributed by atoms with Crippen LogP contribution in [-0.4, -0.2) is 61.4 Å². The first-order chi connectivity index (χ1) is 16.5. The Kier molecular flexibility index (Phi) is 8.77. The smallest absolute Gasteiger partial charge is 0.416 e. The summed E-state index contributed by atoms with van der Waals surface area (Å²) in [6, 6.07) is 3.64. The molecule has 0 radical (unpaired) electrons. The second-order valence-corrected chi connectivity index (χ2v) is 7.40. The average molecular weight is 513 g/mol. The lowest BCUT2D eigenvalue weighted by Crippen LogP contribution is -2.43. The van der Waals surface area contributed by atoms with Crippen LogP contribution in [0.5, 0.6) is 11.8 Å². The first kappa shape index (κ1) is 26.5. The Bertz CT molecular complexity index is 942. The molecule has 0 spiro atoms. The highest BCUT2D eigenvalue weighted by molar-refractivity contribution is 5.77. The number of ether oxygens (including phenoxy) is 4. The molecule has 35 heavy (non-hydrogen) atoms. The van der Waals surface area contributed by atoms with Gasteiger partial charge in [0, 0.05) is 0 Å². The third kappa shape index (κ3) is 8.90. The number of nitrogens with one attached hydrogen (secondary N) is 1. The molecular formula is C20H21F6N3O6. The minimum absolute atomic E-state index is 0.117. The van der Waals surface area contributed by atoms with Gasteiger partial charge >= 0.3 is 18.4 Å². The maximum atomic E-state index is 12.6. The summed E-state index contributed by atoms with van der Waals surface area (Å²) in [5.74, 6) is -0.237. The summed E-state index contributed by atoms with van der Waals surface area (Å²) in [5, 5.41) is 10.1. The van der Waals surface area contributed by atoms with Crippen LogP contribution in [0, 0.1) is 0 Å². The van der Waals surface area contributed by atoms with Crippen LogP contribution < -0.4 is 14.8 Å². The summed E-state index contributed by atoms with van der Waals surface area (Å²) < 4.78 is 99.2. The average Bonchev–Trinajstić information content (AvgIpc) is 3.26. The van der Waals surface area contributed by atoms with Crippen molar-refractivity contribution >= 4 is 5.91 Å². The summed E-state index contributed by atoms with van der Waals surface area (Å²) in [6.07, 6.45) is -8.76. The zero-order valence-electron chi connectivity index (χ0n) is 18.0. The van der Waals surface area contributed by atoms with E-state index >= 15 is 0 Å². The number of halogens is 6. The van der Waals surface area contributed by atoms with Gasteiger partial charge in [0.1, 0.15) is 25.1 Å². The zero-order valence-corrected chi connectivity index (χ0v) is 18.0. The molecule has 1 N–H and O–H groups in total. The van der Waals surface area contributed by atoms with Crippen LogP contribution in [0.4, 0.5) is 26.3 Å². The van der Waals surface area contributed by atoms with Gasteiger partial charge in [-0.3, -0.25) is 4.79 Å². The molecule has 1 fully saturated rings. The molecule has 15 heteroatoms. The van der Waals surface area contributed by atoms with E-state index in [4.69, 9.17) is 18.6 Å². The van der Waals surface area contributed by atoms with Crippen LogP contribution in [0.15, 0.2) is 28.7 Å². The van der Waals surface area contributed by atoms with Crippen LogP contribution in [0.2, 0.25) is 0 Å². The van der Waals surface area contributed by atoms with E-state index in [1.54, 1.807) is 0 Å². The van der Waals surface area contributed by atoms with Gasteiger partial charge in [-0.05, 0) is 37.1 Å². The van der Waals surface area contributed by atoms with Crippen LogP contribution in [0.3, 0.4) is 0 Å². The van der Waals surface area contributed by atoms with E-state index < -0.39 is 36.5 Å². The third-order valence-corrected chi connectivity index (χ3v) is 4.61. The second kappa shape index (κ2) is 11.6. The van der Waals surface area contributed by atoms with E-state index in [1.807, 2.05) is 0 Å². The minimum atomic E-state index is -4.46. The quantitative estimate of drug-likeness (QED) is 0.381. The topological polar surface area (TPSA) is 105 Å². The Morgan fingerprint density at radius 1 is 1.03 bits per heavy atom. The van der Waals surface area contributed by atoms with Crippen molar-refractivity contribution < 1.29 is 54.5 Å². The summed E-state index contributed by atoms with van der Waals surface area (Å²) in [5.41, 5.74) is -0.821. The predicted octanol–water partition coefficient (Wildman–Crippen LogP) is 3.46. The molecule has 194 valence electrons. The third-order valence-electron chi connectivity index (χ3n) is 4.61. The van der Waals surface area contributed by atoms with Crippen molar-refractivity contribution in [3.63, 3.8) is 0 Å². The van der Waals surface area contributed by atoms with Crippen molar-refractivity contribution in [1.29, 1.82) is 0 Å². The minimum Gasteiger partial charge on any atom is -0.484 e. The molecule has 1 aromatic heterocycles. The van der Waals surface area contributed by atoms with E-state index in [0.717, 1.165) is 24.3 Å². The number of amides is 1. The van der Waals surface area contributed by atoms with E-state index in [1.165, 1.54) is 0 Å². The van der Waals surface area contributed by atoms with Crippen molar-refractivity contribution in [3.05, 3.63) is 35.7 Å². The maximum Gasteiger partial charge on any atom is 0.416 e. The molecule has 2 aromatic rings. The Balaban J connectivity index is 1.33. The van der Waals surface area contributed by atoms with Crippen molar-refractivity contribution in [1.82, 2.24) is 15.5 Å². The number of alkyl halides is 6. The van der Waals surface area contributed by atoms with Crippen LogP contribution >= 0.6 is 0 Å². The number of hydrogen-bond acceptors (Lipinski definition) is 8. The zero-order chi connectivity index (χ0) is 25.5. The summed E-state index contributed by atoms with van der Waals surface area (Å²) in [4.78, 5) is 12.1. The van der Waals surface area contributed by atoms with E-state index in [-0.39, 0.29) is 50.2 Å². The highest BCUT2D eigenvalue weighted by atomic mass is 19.4. The maximum absolute atomic E-state index is 12.6. The molecule has 3 rings (SSSR count). The fraction of sp³-hybridized carbons (Fsp3) is 0.550. The van der Waals surface area contributed by atoms with Crippen LogP contribution in [0.25, 0.3) is 0 Å². The first-order valence-corrected chi connectivity index (χ1v) is 10.3. The largest absolute Gasteiger partial charge is 0.484 e. The molecule has 0 aliphatic carbocycles. The first-order valence-electron chi connectivity index (χ1n) is 10.3. The number of rotatable bonds is 10.